The lowest BCUT2D eigenvalue weighted by Crippen LogP contribution is -2.47. The first-order valence-electron chi connectivity index (χ1n) is 10.8. The van der Waals surface area contributed by atoms with E-state index in [-0.39, 0.29) is 10.6 Å². The quantitative estimate of drug-likeness (QED) is 0.384. The number of nitrogens with zero attached hydrogens (tertiary/aromatic N) is 6. The van der Waals surface area contributed by atoms with Gasteiger partial charge in [0.25, 0.3) is 0 Å². The third kappa shape index (κ3) is 5.39. The fourth-order valence-electron chi connectivity index (χ4n) is 4.05. The number of aromatic nitrogens is 2. The molecule has 0 unspecified atom stereocenters. The van der Waals surface area contributed by atoms with Gasteiger partial charge in [-0.05, 0) is 25.1 Å². The summed E-state index contributed by atoms with van der Waals surface area (Å²) < 4.78 is 5.36. The number of rotatable bonds is 8. The Labute approximate surface area is 182 Å². The second-order valence-corrected chi connectivity index (χ2v) is 7.70. The lowest BCUT2D eigenvalue weighted by Gasteiger charge is -2.36. The van der Waals surface area contributed by atoms with E-state index in [4.69, 9.17) is 4.74 Å². The largest absolute Gasteiger partial charge is 0.379 e. The van der Waals surface area contributed by atoms with Crippen molar-refractivity contribution in [3.63, 3.8) is 0 Å². The highest BCUT2D eigenvalue weighted by Gasteiger charge is 2.29. The monoisotopic (exact) mass is 427 g/mol. The average Bonchev–Trinajstić information content (AvgIpc) is 2.83. The van der Waals surface area contributed by atoms with Crippen molar-refractivity contribution in [2.75, 3.05) is 80.7 Å². The number of nitrogens with one attached hydrogen (secondary N) is 1. The molecule has 0 aliphatic carbocycles. The molecule has 0 radical (unpaired) electrons. The number of para-hydroxylation sites is 1. The number of morpholine rings is 1. The second-order valence-electron chi connectivity index (χ2n) is 7.70. The Morgan fingerprint density at radius 3 is 2.42 bits per heavy atom. The van der Waals surface area contributed by atoms with E-state index in [0.717, 1.165) is 52.4 Å². The molecule has 166 valence electrons. The molecule has 0 atom stereocenters. The minimum atomic E-state index is -0.372. The van der Waals surface area contributed by atoms with E-state index in [1.54, 1.807) is 0 Å². The molecule has 10 nitrogen and oxygen atoms in total. The highest BCUT2D eigenvalue weighted by Crippen LogP contribution is 2.32. The topological polar surface area (TPSA) is 99.9 Å². The molecule has 0 spiro atoms. The van der Waals surface area contributed by atoms with Gasteiger partial charge < -0.3 is 19.9 Å². The third-order valence-corrected chi connectivity index (χ3v) is 5.73. The predicted octanol–water partition coefficient (Wildman–Crippen LogP) is 1.85. The molecular formula is C21H29N7O3. The van der Waals surface area contributed by atoms with Crippen LogP contribution in [0, 0.1) is 10.1 Å². The summed E-state index contributed by atoms with van der Waals surface area (Å²) in [6.07, 6.45) is 2.29. The number of benzene rings is 1. The molecule has 2 aliphatic rings. The summed E-state index contributed by atoms with van der Waals surface area (Å²) in [6.45, 7) is 7.88. The first kappa shape index (κ1) is 21.3. The molecule has 0 bridgehead atoms. The molecule has 2 saturated heterocycles. The van der Waals surface area contributed by atoms with Crippen molar-refractivity contribution in [2.45, 2.75) is 6.42 Å². The van der Waals surface area contributed by atoms with Crippen molar-refractivity contribution >= 4 is 23.0 Å². The zero-order valence-electron chi connectivity index (χ0n) is 17.7. The highest BCUT2D eigenvalue weighted by atomic mass is 16.6. The van der Waals surface area contributed by atoms with Gasteiger partial charge in [-0.2, -0.15) is 0 Å². The number of anilines is 3. The zero-order chi connectivity index (χ0) is 21.5. The Kier molecular flexibility index (Phi) is 7.11. The van der Waals surface area contributed by atoms with Crippen LogP contribution in [0.2, 0.25) is 0 Å². The van der Waals surface area contributed by atoms with Crippen molar-refractivity contribution in [2.24, 2.45) is 0 Å². The van der Waals surface area contributed by atoms with E-state index in [0.29, 0.717) is 31.3 Å². The van der Waals surface area contributed by atoms with Gasteiger partial charge in [0.05, 0.1) is 18.1 Å². The van der Waals surface area contributed by atoms with Crippen LogP contribution in [0.4, 0.5) is 23.0 Å². The predicted molar refractivity (Wildman–Crippen MR) is 120 cm³/mol. The summed E-state index contributed by atoms with van der Waals surface area (Å²) >= 11 is 0. The Bertz CT molecular complexity index is 853. The lowest BCUT2D eigenvalue weighted by molar-refractivity contribution is -0.383. The van der Waals surface area contributed by atoms with Crippen molar-refractivity contribution in [3.05, 3.63) is 46.8 Å². The number of piperazine rings is 1. The fraction of sp³-hybridized carbons (Fsp3) is 0.524. The Morgan fingerprint density at radius 1 is 1.00 bits per heavy atom. The first-order valence-corrected chi connectivity index (χ1v) is 10.8. The van der Waals surface area contributed by atoms with E-state index in [2.05, 4.69) is 37.2 Å². The standard InChI is InChI=1S/C21H29N7O3/c29-28(30)19-20(22-7-4-8-25-13-15-31-16-14-25)23-17-24-21(19)27-11-9-26(10-12-27)18-5-2-1-3-6-18/h1-3,5-6,17H,4,7-16H2,(H,22,23,24). The van der Waals surface area contributed by atoms with Crippen molar-refractivity contribution in [3.8, 4) is 0 Å². The van der Waals surface area contributed by atoms with Crippen molar-refractivity contribution < 1.29 is 9.66 Å². The van der Waals surface area contributed by atoms with Crippen LogP contribution in [0.25, 0.3) is 0 Å². The van der Waals surface area contributed by atoms with Crippen LogP contribution >= 0.6 is 0 Å². The smallest absolute Gasteiger partial charge is 0.353 e. The lowest BCUT2D eigenvalue weighted by atomic mass is 10.2. The molecule has 4 rings (SSSR count). The van der Waals surface area contributed by atoms with Gasteiger partial charge in [-0.15, -0.1) is 0 Å². The van der Waals surface area contributed by atoms with E-state index >= 15 is 0 Å². The fourth-order valence-corrected chi connectivity index (χ4v) is 4.05. The van der Waals surface area contributed by atoms with E-state index in [9.17, 15) is 10.1 Å². The second kappa shape index (κ2) is 10.4. The Balaban J connectivity index is 1.37. The maximum atomic E-state index is 11.9. The zero-order valence-corrected chi connectivity index (χ0v) is 17.7. The van der Waals surface area contributed by atoms with Gasteiger partial charge in [0.1, 0.15) is 6.33 Å². The van der Waals surface area contributed by atoms with E-state index in [1.807, 2.05) is 23.1 Å². The highest BCUT2D eigenvalue weighted by molar-refractivity contribution is 5.70. The first-order chi connectivity index (χ1) is 15.2. The van der Waals surface area contributed by atoms with E-state index < -0.39 is 0 Å². The van der Waals surface area contributed by atoms with Crippen LogP contribution in [0.15, 0.2) is 36.7 Å². The molecule has 2 fully saturated rings. The number of nitro groups is 1. The van der Waals surface area contributed by atoms with Gasteiger partial charge in [0.2, 0.25) is 11.6 Å². The molecule has 2 aromatic rings. The number of hydrogen-bond acceptors (Lipinski definition) is 9. The minimum absolute atomic E-state index is 0.0398. The van der Waals surface area contributed by atoms with Crippen molar-refractivity contribution in [1.82, 2.24) is 14.9 Å². The summed E-state index contributed by atoms with van der Waals surface area (Å²) in [7, 11) is 0. The number of hydrogen-bond donors (Lipinski definition) is 1. The van der Waals surface area contributed by atoms with Crippen LogP contribution in [0.3, 0.4) is 0 Å². The molecule has 31 heavy (non-hydrogen) atoms. The summed E-state index contributed by atoms with van der Waals surface area (Å²) in [6, 6.07) is 10.2. The van der Waals surface area contributed by atoms with E-state index in [1.165, 1.54) is 12.0 Å². The summed E-state index contributed by atoms with van der Waals surface area (Å²) in [4.78, 5) is 26.6. The maximum Gasteiger partial charge on any atom is 0.353 e. The molecule has 0 saturated carbocycles. The average molecular weight is 428 g/mol. The minimum Gasteiger partial charge on any atom is -0.379 e. The maximum absolute atomic E-state index is 11.9. The van der Waals surface area contributed by atoms with Crippen LogP contribution in [0.1, 0.15) is 6.42 Å². The van der Waals surface area contributed by atoms with Crippen LogP contribution in [-0.4, -0.2) is 85.4 Å². The summed E-state index contributed by atoms with van der Waals surface area (Å²) in [5.41, 5.74) is 1.13. The van der Waals surface area contributed by atoms with Gasteiger partial charge >= 0.3 is 5.69 Å². The summed E-state index contributed by atoms with van der Waals surface area (Å²) in [5, 5.41) is 15.0. The van der Waals surface area contributed by atoms with Gasteiger partial charge in [-0.25, -0.2) is 9.97 Å². The van der Waals surface area contributed by atoms with Gasteiger partial charge in [-0.3, -0.25) is 15.0 Å². The van der Waals surface area contributed by atoms with Crippen LogP contribution in [0.5, 0.6) is 0 Å². The molecule has 3 heterocycles. The van der Waals surface area contributed by atoms with Gasteiger partial charge in [0.15, 0.2) is 0 Å². The Hall–Kier alpha value is -2.98. The molecule has 0 amide bonds. The molecule has 1 aromatic carbocycles. The molecule has 10 heteroatoms. The van der Waals surface area contributed by atoms with Gasteiger partial charge in [0, 0.05) is 51.5 Å². The summed E-state index contributed by atoms with van der Waals surface area (Å²) in [5.74, 6) is 0.686. The van der Waals surface area contributed by atoms with Gasteiger partial charge in [-0.1, -0.05) is 18.2 Å². The normalized spacial score (nSPS) is 17.5. The number of ether oxygens (including phenoxy) is 1. The molecule has 2 aliphatic heterocycles. The Morgan fingerprint density at radius 2 is 1.71 bits per heavy atom. The third-order valence-electron chi connectivity index (χ3n) is 5.73. The van der Waals surface area contributed by atoms with Crippen LogP contribution < -0.4 is 15.1 Å². The molecular weight excluding hydrogens is 398 g/mol. The molecule has 1 aromatic heterocycles. The van der Waals surface area contributed by atoms with Crippen molar-refractivity contribution in [1.29, 1.82) is 0 Å². The van der Waals surface area contributed by atoms with Crippen LogP contribution in [-0.2, 0) is 4.74 Å². The molecule has 1 N–H and O–H groups in total. The SMILES string of the molecule is O=[N+]([O-])c1c(NCCCN2CCOCC2)ncnc1N1CCN(c2ccccc2)CC1.